The van der Waals surface area contributed by atoms with Crippen LogP contribution >= 0.6 is 0 Å². The summed E-state index contributed by atoms with van der Waals surface area (Å²) in [6.45, 7) is 6.29. The molecule has 0 aromatic heterocycles. The third-order valence-corrected chi connectivity index (χ3v) is 5.16. The molecule has 1 fully saturated rings. The Labute approximate surface area is 139 Å². The van der Waals surface area contributed by atoms with Crippen LogP contribution in [0, 0.1) is 5.92 Å². The molecule has 0 aliphatic heterocycles. The second-order valence-corrected chi connectivity index (χ2v) is 6.91. The average molecular weight is 306 g/mol. The smallest absolute Gasteiger partial charge is 0.115 e. The van der Waals surface area contributed by atoms with Gasteiger partial charge >= 0.3 is 0 Å². The molecule has 2 aromatic rings. The van der Waals surface area contributed by atoms with Crippen molar-refractivity contribution in [3.05, 3.63) is 66.2 Å². The van der Waals surface area contributed by atoms with E-state index in [1.54, 1.807) is 12.1 Å². The van der Waals surface area contributed by atoms with Gasteiger partial charge in [-0.1, -0.05) is 56.2 Å². The van der Waals surface area contributed by atoms with Gasteiger partial charge in [0.2, 0.25) is 0 Å². The first-order chi connectivity index (χ1) is 11.2. The summed E-state index contributed by atoms with van der Waals surface area (Å²) < 4.78 is 0. The standard InChI is InChI=1S/C22H26O/c1-3-4-20-15-19(17-7-5-16(2)6-8-17)11-14-22(20)18-9-12-21(23)13-10-18/h3,9-17,23H,1,4-8H2,2H3. The van der Waals surface area contributed by atoms with Crippen molar-refractivity contribution in [1.82, 2.24) is 0 Å². The molecule has 1 aliphatic carbocycles. The highest BCUT2D eigenvalue weighted by atomic mass is 16.3. The Hall–Kier alpha value is -2.02. The van der Waals surface area contributed by atoms with Crippen LogP contribution in [0.25, 0.3) is 11.1 Å². The minimum atomic E-state index is 0.312. The van der Waals surface area contributed by atoms with Crippen LogP contribution in [0.5, 0.6) is 5.75 Å². The first kappa shape index (κ1) is 15.9. The van der Waals surface area contributed by atoms with Gasteiger partial charge in [0.1, 0.15) is 5.75 Å². The molecule has 0 bridgehead atoms. The molecule has 0 heterocycles. The zero-order chi connectivity index (χ0) is 16.2. The minimum Gasteiger partial charge on any atom is -0.508 e. The number of allylic oxidation sites excluding steroid dienone is 1. The van der Waals surface area contributed by atoms with Gasteiger partial charge in [-0.2, -0.15) is 0 Å². The van der Waals surface area contributed by atoms with Crippen LogP contribution in [0.2, 0.25) is 0 Å². The number of phenolic OH excluding ortho intramolecular Hbond substituents is 1. The highest BCUT2D eigenvalue weighted by molar-refractivity contribution is 5.69. The molecule has 23 heavy (non-hydrogen) atoms. The summed E-state index contributed by atoms with van der Waals surface area (Å²) in [6.07, 6.45) is 8.18. The lowest BCUT2D eigenvalue weighted by Gasteiger charge is -2.27. The second kappa shape index (κ2) is 7.04. The Morgan fingerprint density at radius 2 is 1.74 bits per heavy atom. The van der Waals surface area contributed by atoms with Gasteiger partial charge in [-0.25, -0.2) is 0 Å². The van der Waals surface area contributed by atoms with Crippen LogP contribution in [0.15, 0.2) is 55.1 Å². The highest BCUT2D eigenvalue weighted by Gasteiger charge is 2.20. The molecule has 0 radical (unpaired) electrons. The molecule has 1 saturated carbocycles. The van der Waals surface area contributed by atoms with E-state index in [0.717, 1.165) is 17.9 Å². The van der Waals surface area contributed by atoms with E-state index in [-0.39, 0.29) is 0 Å². The van der Waals surface area contributed by atoms with Crippen molar-refractivity contribution >= 4 is 0 Å². The van der Waals surface area contributed by atoms with E-state index in [1.807, 2.05) is 18.2 Å². The first-order valence-corrected chi connectivity index (χ1v) is 8.70. The zero-order valence-electron chi connectivity index (χ0n) is 14.0. The summed E-state index contributed by atoms with van der Waals surface area (Å²) in [6, 6.07) is 14.4. The maximum Gasteiger partial charge on any atom is 0.115 e. The zero-order valence-corrected chi connectivity index (χ0v) is 14.0. The summed E-state index contributed by atoms with van der Waals surface area (Å²) in [7, 11) is 0. The highest BCUT2D eigenvalue weighted by Crippen LogP contribution is 2.37. The SMILES string of the molecule is C=CCc1cc(C2CCC(C)CC2)ccc1-c1ccc(O)cc1. The van der Waals surface area contributed by atoms with E-state index >= 15 is 0 Å². The van der Waals surface area contributed by atoms with Crippen LogP contribution in [-0.4, -0.2) is 5.11 Å². The van der Waals surface area contributed by atoms with Crippen LogP contribution in [0.1, 0.15) is 49.7 Å². The predicted octanol–water partition coefficient (Wildman–Crippen LogP) is 6.08. The molecule has 2 aromatic carbocycles. The Bertz CT molecular complexity index is 661. The topological polar surface area (TPSA) is 20.2 Å². The average Bonchev–Trinajstić information content (AvgIpc) is 2.57. The summed E-state index contributed by atoms with van der Waals surface area (Å²) >= 11 is 0. The van der Waals surface area contributed by atoms with Crippen LogP contribution in [0.4, 0.5) is 0 Å². The number of aromatic hydroxyl groups is 1. The summed E-state index contributed by atoms with van der Waals surface area (Å²) in [5, 5.41) is 9.50. The number of hydrogen-bond acceptors (Lipinski definition) is 1. The monoisotopic (exact) mass is 306 g/mol. The van der Waals surface area contributed by atoms with E-state index in [1.165, 1.54) is 42.4 Å². The van der Waals surface area contributed by atoms with Crippen LogP contribution < -0.4 is 0 Å². The van der Waals surface area contributed by atoms with E-state index < -0.39 is 0 Å². The van der Waals surface area contributed by atoms with Crippen molar-refractivity contribution in [3.8, 4) is 16.9 Å². The number of rotatable bonds is 4. The molecule has 1 aliphatic rings. The number of hydrogen-bond donors (Lipinski definition) is 1. The van der Waals surface area contributed by atoms with Gasteiger partial charge in [0.25, 0.3) is 0 Å². The fraction of sp³-hybridized carbons (Fsp3) is 0.364. The molecule has 0 saturated heterocycles. The molecule has 120 valence electrons. The number of phenols is 1. The fourth-order valence-electron chi connectivity index (χ4n) is 3.71. The normalized spacial score (nSPS) is 21.1. The minimum absolute atomic E-state index is 0.312. The van der Waals surface area contributed by atoms with Gasteiger partial charge in [-0.3, -0.25) is 0 Å². The molecule has 1 nitrogen and oxygen atoms in total. The largest absolute Gasteiger partial charge is 0.508 e. The van der Waals surface area contributed by atoms with Gasteiger partial charge < -0.3 is 5.11 Å². The molecule has 0 atom stereocenters. The summed E-state index contributed by atoms with van der Waals surface area (Å²) in [5.41, 5.74) is 5.22. The lowest BCUT2D eigenvalue weighted by atomic mass is 9.78. The Kier molecular flexibility index (Phi) is 4.85. The van der Waals surface area contributed by atoms with Crippen molar-refractivity contribution in [2.45, 2.75) is 44.9 Å². The lowest BCUT2D eigenvalue weighted by Crippen LogP contribution is -2.11. The molecule has 1 N–H and O–H groups in total. The van der Waals surface area contributed by atoms with Crippen molar-refractivity contribution in [1.29, 1.82) is 0 Å². The molecule has 0 unspecified atom stereocenters. The van der Waals surface area contributed by atoms with Crippen molar-refractivity contribution in [3.63, 3.8) is 0 Å². The second-order valence-electron chi connectivity index (χ2n) is 6.91. The maximum atomic E-state index is 9.50. The molecule has 3 rings (SSSR count). The van der Waals surface area contributed by atoms with E-state index in [0.29, 0.717) is 11.7 Å². The number of benzene rings is 2. The third-order valence-electron chi connectivity index (χ3n) is 5.16. The summed E-state index contributed by atoms with van der Waals surface area (Å²) in [5.74, 6) is 1.91. The van der Waals surface area contributed by atoms with Crippen LogP contribution in [-0.2, 0) is 6.42 Å². The van der Waals surface area contributed by atoms with Crippen molar-refractivity contribution in [2.24, 2.45) is 5.92 Å². The Balaban J connectivity index is 1.92. The molecular formula is C22H26O. The van der Waals surface area contributed by atoms with E-state index in [2.05, 4.69) is 31.7 Å². The van der Waals surface area contributed by atoms with Gasteiger partial charge in [0.05, 0.1) is 0 Å². The first-order valence-electron chi connectivity index (χ1n) is 8.70. The van der Waals surface area contributed by atoms with Gasteiger partial charge in [-0.15, -0.1) is 6.58 Å². The van der Waals surface area contributed by atoms with E-state index in [4.69, 9.17) is 0 Å². The fourth-order valence-corrected chi connectivity index (χ4v) is 3.71. The van der Waals surface area contributed by atoms with Gasteiger partial charge in [-0.05, 0) is 65.5 Å². The molecule has 0 amide bonds. The quantitative estimate of drug-likeness (QED) is 0.678. The van der Waals surface area contributed by atoms with Gasteiger partial charge in [0, 0.05) is 0 Å². The van der Waals surface area contributed by atoms with Crippen molar-refractivity contribution < 1.29 is 5.11 Å². The molecule has 0 spiro atoms. The Morgan fingerprint density at radius 3 is 2.39 bits per heavy atom. The van der Waals surface area contributed by atoms with Gasteiger partial charge in [0.15, 0.2) is 0 Å². The summed E-state index contributed by atoms with van der Waals surface area (Å²) in [4.78, 5) is 0. The predicted molar refractivity (Wildman–Crippen MR) is 97.8 cm³/mol. The van der Waals surface area contributed by atoms with Crippen molar-refractivity contribution in [2.75, 3.05) is 0 Å². The van der Waals surface area contributed by atoms with E-state index in [9.17, 15) is 5.11 Å². The third kappa shape index (κ3) is 3.67. The molecule has 1 heteroatoms. The Morgan fingerprint density at radius 1 is 1.04 bits per heavy atom. The molecular weight excluding hydrogens is 280 g/mol. The maximum absolute atomic E-state index is 9.50. The van der Waals surface area contributed by atoms with Crippen LogP contribution in [0.3, 0.4) is 0 Å². The lowest BCUT2D eigenvalue weighted by molar-refractivity contribution is 0.348.